The van der Waals surface area contributed by atoms with E-state index in [1.807, 2.05) is 0 Å². The van der Waals surface area contributed by atoms with Crippen LogP contribution in [0.1, 0.15) is 18.6 Å². The van der Waals surface area contributed by atoms with Crippen molar-refractivity contribution in [1.29, 1.82) is 0 Å². The summed E-state index contributed by atoms with van der Waals surface area (Å²) in [4.78, 5) is 0. The Morgan fingerprint density at radius 3 is 2.24 bits per heavy atom. The molecule has 0 amide bonds. The second-order valence-electron chi connectivity index (χ2n) is 4.28. The summed E-state index contributed by atoms with van der Waals surface area (Å²) in [6.45, 7) is 1.62. The van der Waals surface area contributed by atoms with Gasteiger partial charge in [-0.2, -0.15) is 0 Å². The molecule has 0 radical (unpaired) electrons. The van der Waals surface area contributed by atoms with Gasteiger partial charge in [-0.15, -0.1) is 0 Å². The number of benzene rings is 1. The first-order chi connectivity index (χ1) is 8.00. The van der Waals surface area contributed by atoms with Crippen molar-refractivity contribution in [2.24, 2.45) is 0 Å². The van der Waals surface area contributed by atoms with Crippen LogP contribution in [0, 0.1) is 5.82 Å². The highest BCUT2D eigenvalue weighted by Crippen LogP contribution is 2.30. The van der Waals surface area contributed by atoms with Crippen LogP contribution in [0.25, 0.3) is 0 Å². The Hall–Kier alpha value is -1.01. The van der Waals surface area contributed by atoms with Gasteiger partial charge in [-0.25, -0.2) is 4.39 Å². The van der Waals surface area contributed by atoms with E-state index in [0.717, 1.165) is 0 Å². The number of aliphatic hydroxyl groups excluding tert-OH is 3. The standard InChI is InChI=1S/C12H15FO4/c1-6-9(14)11(16)12(17-6)10(15)7-2-4-8(13)5-3-7/h2-6,9-12,14-16H,1H3/t6-,9-,10+,11-,12-/m0/s1. The van der Waals surface area contributed by atoms with E-state index >= 15 is 0 Å². The maximum Gasteiger partial charge on any atom is 0.123 e. The van der Waals surface area contributed by atoms with Crippen LogP contribution >= 0.6 is 0 Å². The lowest BCUT2D eigenvalue weighted by Gasteiger charge is -2.21. The number of aliphatic hydroxyl groups is 3. The van der Waals surface area contributed by atoms with Gasteiger partial charge in [0.2, 0.25) is 0 Å². The fourth-order valence-electron chi connectivity index (χ4n) is 1.99. The molecular formula is C12H15FO4. The fourth-order valence-corrected chi connectivity index (χ4v) is 1.99. The molecule has 0 aliphatic carbocycles. The summed E-state index contributed by atoms with van der Waals surface area (Å²) in [5.41, 5.74) is 0.441. The highest BCUT2D eigenvalue weighted by molar-refractivity contribution is 5.20. The Morgan fingerprint density at radius 1 is 1.18 bits per heavy atom. The topological polar surface area (TPSA) is 69.9 Å². The van der Waals surface area contributed by atoms with Crippen LogP contribution in [0.15, 0.2) is 24.3 Å². The molecule has 0 aromatic heterocycles. The fraction of sp³-hybridized carbons (Fsp3) is 0.500. The molecular weight excluding hydrogens is 227 g/mol. The van der Waals surface area contributed by atoms with Crippen molar-refractivity contribution in [3.05, 3.63) is 35.6 Å². The molecule has 1 heterocycles. The van der Waals surface area contributed by atoms with E-state index in [0.29, 0.717) is 5.56 Å². The third-order valence-electron chi connectivity index (χ3n) is 3.06. The number of hydrogen-bond acceptors (Lipinski definition) is 4. The summed E-state index contributed by atoms with van der Waals surface area (Å²) in [5, 5.41) is 29.2. The minimum absolute atomic E-state index is 0.401. The average molecular weight is 242 g/mol. The molecule has 1 aromatic carbocycles. The molecule has 1 aliphatic heterocycles. The predicted molar refractivity (Wildman–Crippen MR) is 57.7 cm³/mol. The molecule has 0 unspecified atom stereocenters. The molecule has 17 heavy (non-hydrogen) atoms. The summed E-state index contributed by atoms with van der Waals surface area (Å²) < 4.78 is 18.0. The first-order valence-corrected chi connectivity index (χ1v) is 5.46. The van der Waals surface area contributed by atoms with Gasteiger partial charge in [0.15, 0.2) is 0 Å². The lowest BCUT2D eigenvalue weighted by atomic mass is 9.99. The van der Waals surface area contributed by atoms with E-state index < -0.39 is 36.3 Å². The van der Waals surface area contributed by atoms with Gasteiger partial charge in [-0.05, 0) is 24.6 Å². The number of rotatable bonds is 2. The lowest BCUT2D eigenvalue weighted by molar-refractivity contribution is -0.0635. The van der Waals surface area contributed by atoms with Gasteiger partial charge in [0.1, 0.15) is 30.2 Å². The summed E-state index contributed by atoms with van der Waals surface area (Å²) in [5.74, 6) is -0.401. The largest absolute Gasteiger partial charge is 0.388 e. The molecule has 1 aromatic rings. The Balaban J connectivity index is 2.15. The van der Waals surface area contributed by atoms with Crippen LogP contribution in [0.4, 0.5) is 4.39 Å². The van der Waals surface area contributed by atoms with Crippen LogP contribution in [-0.2, 0) is 4.74 Å². The second kappa shape index (κ2) is 4.70. The van der Waals surface area contributed by atoms with Crippen molar-refractivity contribution in [1.82, 2.24) is 0 Å². The van der Waals surface area contributed by atoms with Crippen LogP contribution in [0.2, 0.25) is 0 Å². The maximum absolute atomic E-state index is 12.7. The van der Waals surface area contributed by atoms with Crippen LogP contribution in [0.5, 0.6) is 0 Å². The van der Waals surface area contributed by atoms with Crippen LogP contribution in [0.3, 0.4) is 0 Å². The van der Waals surface area contributed by atoms with E-state index in [2.05, 4.69) is 0 Å². The van der Waals surface area contributed by atoms with Crippen LogP contribution in [-0.4, -0.2) is 39.7 Å². The zero-order valence-corrected chi connectivity index (χ0v) is 9.32. The molecule has 94 valence electrons. The van der Waals surface area contributed by atoms with Gasteiger partial charge in [-0.1, -0.05) is 12.1 Å². The van der Waals surface area contributed by atoms with Crippen molar-refractivity contribution in [2.75, 3.05) is 0 Å². The molecule has 1 aliphatic rings. The molecule has 1 fully saturated rings. The normalized spacial score (nSPS) is 34.9. The Labute approximate surface area is 98.3 Å². The summed E-state index contributed by atoms with van der Waals surface area (Å²) >= 11 is 0. The van der Waals surface area contributed by atoms with E-state index in [1.165, 1.54) is 24.3 Å². The molecule has 5 heteroatoms. The first kappa shape index (κ1) is 12.4. The third-order valence-corrected chi connectivity index (χ3v) is 3.06. The Kier molecular flexibility index (Phi) is 3.44. The monoisotopic (exact) mass is 242 g/mol. The molecule has 5 atom stereocenters. The SMILES string of the molecule is C[C@@H]1O[C@@H]([C@H](O)c2ccc(F)cc2)[C@@H](O)[C@H]1O. The molecule has 0 saturated carbocycles. The zero-order chi connectivity index (χ0) is 12.6. The van der Waals surface area contributed by atoms with E-state index in [9.17, 15) is 19.7 Å². The molecule has 1 saturated heterocycles. The molecule has 0 spiro atoms. The van der Waals surface area contributed by atoms with Crippen LogP contribution < -0.4 is 0 Å². The minimum Gasteiger partial charge on any atom is -0.388 e. The van der Waals surface area contributed by atoms with Gasteiger partial charge in [0, 0.05) is 0 Å². The predicted octanol–water partition coefficient (Wildman–Crippen LogP) is 0.368. The first-order valence-electron chi connectivity index (χ1n) is 5.46. The quantitative estimate of drug-likeness (QED) is 0.700. The molecule has 2 rings (SSSR count). The zero-order valence-electron chi connectivity index (χ0n) is 9.32. The summed E-state index contributed by atoms with van der Waals surface area (Å²) in [7, 11) is 0. The number of hydrogen-bond donors (Lipinski definition) is 3. The summed E-state index contributed by atoms with van der Waals surface area (Å²) in [6.07, 6.45) is -4.69. The second-order valence-corrected chi connectivity index (χ2v) is 4.28. The van der Waals surface area contributed by atoms with Gasteiger partial charge in [-0.3, -0.25) is 0 Å². The Morgan fingerprint density at radius 2 is 1.76 bits per heavy atom. The van der Waals surface area contributed by atoms with Gasteiger partial charge >= 0.3 is 0 Å². The lowest BCUT2D eigenvalue weighted by Crippen LogP contribution is -2.34. The number of halogens is 1. The maximum atomic E-state index is 12.7. The van der Waals surface area contributed by atoms with Gasteiger partial charge < -0.3 is 20.1 Å². The van der Waals surface area contributed by atoms with Crippen molar-refractivity contribution in [2.45, 2.75) is 37.4 Å². The third kappa shape index (κ3) is 2.32. The minimum atomic E-state index is -1.15. The van der Waals surface area contributed by atoms with Gasteiger partial charge in [0.25, 0.3) is 0 Å². The van der Waals surface area contributed by atoms with Crippen molar-refractivity contribution in [3.8, 4) is 0 Å². The van der Waals surface area contributed by atoms with E-state index in [-0.39, 0.29) is 0 Å². The van der Waals surface area contributed by atoms with Gasteiger partial charge in [0.05, 0.1) is 6.10 Å². The van der Waals surface area contributed by atoms with Crippen molar-refractivity contribution < 1.29 is 24.4 Å². The van der Waals surface area contributed by atoms with Crippen molar-refractivity contribution >= 4 is 0 Å². The highest BCUT2D eigenvalue weighted by Gasteiger charge is 2.44. The summed E-state index contributed by atoms with van der Waals surface area (Å²) in [6, 6.07) is 5.29. The molecule has 0 bridgehead atoms. The smallest absolute Gasteiger partial charge is 0.123 e. The van der Waals surface area contributed by atoms with E-state index in [4.69, 9.17) is 4.74 Å². The van der Waals surface area contributed by atoms with E-state index in [1.54, 1.807) is 6.92 Å². The highest BCUT2D eigenvalue weighted by atomic mass is 19.1. The molecule has 4 nitrogen and oxygen atoms in total. The molecule has 3 N–H and O–H groups in total. The average Bonchev–Trinajstić information content (AvgIpc) is 2.57. The number of ether oxygens (including phenoxy) is 1. The Bertz CT molecular complexity index is 381. The van der Waals surface area contributed by atoms with Crippen molar-refractivity contribution in [3.63, 3.8) is 0 Å².